The largest absolute Gasteiger partial charge is 0.493 e. The highest BCUT2D eigenvalue weighted by Crippen LogP contribution is 2.26. The van der Waals surface area contributed by atoms with E-state index >= 15 is 0 Å². The number of allylic oxidation sites excluding steroid dienone is 1. The van der Waals surface area contributed by atoms with Crippen molar-refractivity contribution in [2.75, 3.05) is 6.61 Å². The highest BCUT2D eigenvalue weighted by Gasteiger charge is 2.21. The van der Waals surface area contributed by atoms with Gasteiger partial charge < -0.3 is 10.1 Å². The number of nitro benzene ring substituents is 1. The summed E-state index contributed by atoms with van der Waals surface area (Å²) in [4.78, 5) is 10.5. The third kappa shape index (κ3) is 4.35. The fraction of sp³-hybridized carbons (Fsp3) is 0.467. The van der Waals surface area contributed by atoms with Crippen LogP contribution >= 0.6 is 0 Å². The summed E-state index contributed by atoms with van der Waals surface area (Å²) in [6.07, 6.45) is 6.03. The molecule has 0 aliphatic heterocycles. The molecule has 0 bridgehead atoms. The van der Waals surface area contributed by atoms with E-state index in [2.05, 4.69) is 11.9 Å². The van der Waals surface area contributed by atoms with Crippen LogP contribution in [0.5, 0.6) is 5.75 Å². The zero-order valence-corrected chi connectivity index (χ0v) is 11.5. The first-order valence-electron chi connectivity index (χ1n) is 6.95. The van der Waals surface area contributed by atoms with Crippen molar-refractivity contribution in [1.82, 2.24) is 5.32 Å². The standard InChI is InChI=1S/C15H20N2O3/c1-2-3-4-9-20-15-8-7-14(17(18)19)10-12(15)11-16-13-5-6-13/h2,7-8,10,13,16H,1,3-6,9,11H2. The Morgan fingerprint density at radius 2 is 2.30 bits per heavy atom. The molecule has 1 aromatic rings. The molecule has 0 unspecified atom stereocenters. The average Bonchev–Trinajstić information content (AvgIpc) is 3.26. The van der Waals surface area contributed by atoms with Crippen LogP contribution in [0.25, 0.3) is 0 Å². The monoisotopic (exact) mass is 276 g/mol. The van der Waals surface area contributed by atoms with Crippen molar-refractivity contribution in [3.8, 4) is 5.75 Å². The summed E-state index contributed by atoms with van der Waals surface area (Å²) in [5.41, 5.74) is 0.959. The normalized spacial score (nSPS) is 14.0. The maximum absolute atomic E-state index is 10.8. The Morgan fingerprint density at radius 3 is 2.95 bits per heavy atom. The molecule has 1 aliphatic rings. The first kappa shape index (κ1) is 14.5. The van der Waals surface area contributed by atoms with Crippen molar-refractivity contribution in [1.29, 1.82) is 0 Å². The summed E-state index contributed by atoms with van der Waals surface area (Å²) in [6.45, 7) is 4.88. The zero-order valence-electron chi connectivity index (χ0n) is 11.5. The Morgan fingerprint density at radius 1 is 1.50 bits per heavy atom. The summed E-state index contributed by atoms with van der Waals surface area (Å²) in [6, 6.07) is 5.33. The molecule has 2 rings (SSSR count). The van der Waals surface area contributed by atoms with E-state index in [1.54, 1.807) is 12.1 Å². The van der Waals surface area contributed by atoms with E-state index in [9.17, 15) is 10.1 Å². The van der Waals surface area contributed by atoms with Crippen LogP contribution in [0.3, 0.4) is 0 Å². The van der Waals surface area contributed by atoms with Gasteiger partial charge in [0, 0.05) is 30.3 Å². The molecule has 108 valence electrons. The molecule has 1 saturated carbocycles. The quantitative estimate of drug-likeness (QED) is 0.325. The first-order chi connectivity index (χ1) is 9.70. The fourth-order valence-corrected chi connectivity index (χ4v) is 1.91. The number of non-ortho nitro benzene ring substituents is 1. The molecule has 1 aliphatic carbocycles. The topological polar surface area (TPSA) is 64.4 Å². The zero-order chi connectivity index (χ0) is 14.4. The molecule has 0 atom stereocenters. The molecule has 5 nitrogen and oxygen atoms in total. The van der Waals surface area contributed by atoms with Gasteiger partial charge in [-0.15, -0.1) is 6.58 Å². The van der Waals surface area contributed by atoms with Gasteiger partial charge in [-0.2, -0.15) is 0 Å². The lowest BCUT2D eigenvalue weighted by Crippen LogP contribution is -2.16. The second-order valence-electron chi connectivity index (χ2n) is 4.98. The van der Waals surface area contributed by atoms with Crippen LogP contribution in [0.1, 0.15) is 31.2 Å². The summed E-state index contributed by atoms with van der Waals surface area (Å²) in [5.74, 6) is 0.729. The summed E-state index contributed by atoms with van der Waals surface area (Å²) < 4.78 is 5.72. The van der Waals surface area contributed by atoms with E-state index in [-0.39, 0.29) is 10.6 Å². The third-order valence-electron chi connectivity index (χ3n) is 3.22. The van der Waals surface area contributed by atoms with Crippen LogP contribution in [-0.2, 0) is 6.54 Å². The molecule has 20 heavy (non-hydrogen) atoms. The van der Waals surface area contributed by atoms with Gasteiger partial charge in [0.05, 0.1) is 11.5 Å². The SMILES string of the molecule is C=CCCCOc1ccc([N+](=O)[O-])cc1CNC1CC1. The van der Waals surface area contributed by atoms with Gasteiger partial charge in [0.15, 0.2) is 0 Å². The fourth-order valence-electron chi connectivity index (χ4n) is 1.91. The number of nitrogens with zero attached hydrogens (tertiary/aromatic N) is 1. The van der Waals surface area contributed by atoms with Crippen molar-refractivity contribution in [3.05, 3.63) is 46.5 Å². The number of nitrogens with one attached hydrogen (secondary N) is 1. The number of hydrogen-bond donors (Lipinski definition) is 1. The molecular formula is C15H20N2O3. The lowest BCUT2D eigenvalue weighted by molar-refractivity contribution is -0.384. The minimum Gasteiger partial charge on any atom is -0.493 e. The minimum absolute atomic E-state index is 0.107. The Bertz CT molecular complexity index is 484. The van der Waals surface area contributed by atoms with E-state index < -0.39 is 0 Å². The van der Waals surface area contributed by atoms with Crippen LogP contribution in [0.15, 0.2) is 30.9 Å². The Hall–Kier alpha value is -1.88. The van der Waals surface area contributed by atoms with Gasteiger partial charge in [-0.3, -0.25) is 10.1 Å². The lowest BCUT2D eigenvalue weighted by Gasteiger charge is -2.11. The van der Waals surface area contributed by atoms with Gasteiger partial charge >= 0.3 is 0 Å². The van der Waals surface area contributed by atoms with Gasteiger partial charge in [-0.1, -0.05) is 6.08 Å². The number of hydrogen-bond acceptors (Lipinski definition) is 4. The maximum Gasteiger partial charge on any atom is 0.270 e. The maximum atomic E-state index is 10.8. The van der Waals surface area contributed by atoms with Gasteiger partial charge in [0.1, 0.15) is 5.75 Å². The van der Waals surface area contributed by atoms with Gasteiger partial charge in [-0.05, 0) is 31.7 Å². The van der Waals surface area contributed by atoms with E-state index in [4.69, 9.17) is 4.74 Å². The number of benzene rings is 1. The number of nitro groups is 1. The van der Waals surface area contributed by atoms with Crippen molar-refractivity contribution in [3.63, 3.8) is 0 Å². The molecule has 0 heterocycles. The van der Waals surface area contributed by atoms with Crippen molar-refractivity contribution in [2.24, 2.45) is 0 Å². The summed E-state index contributed by atoms with van der Waals surface area (Å²) in [7, 11) is 0. The highest BCUT2D eigenvalue weighted by atomic mass is 16.6. The highest BCUT2D eigenvalue weighted by molar-refractivity contribution is 5.43. The van der Waals surface area contributed by atoms with E-state index in [0.717, 1.165) is 24.2 Å². The van der Waals surface area contributed by atoms with Crippen LogP contribution in [-0.4, -0.2) is 17.6 Å². The number of rotatable bonds is 9. The molecule has 0 spiro atoms. The van der Waals surface area contributed by atoms with Gasteiger partial charge in [0.25, 0.3) is 5.69 Å². The molecule has 1 fully saturated rings. The van der Waals surface area contributed by atoms with Crippen molar-refractivity contribution >= 4 is 5.69 Å². The second kappa shape index (κ2) is 7.05. The van der Waals surface area contributed by atoms with E-state index in [1.165, 1.54) is 18.9 Å². The van der Waals surface area contributed by atoms with Crippen LogP contribution in [0, 0.1) is 10.1 Å². The third-order valence-corrected chi connectivity index (χ3v) is 3.22. The molecule has 0 radical (unpaired) electrons. The first-order valence-corrected chi connectivity index (χ1v) is 6.95. The second-order valence-corrected chi connectivity index (χ2v) is 4.98. The van der Waals surface area contributed by atoms with Crippen LogP contribution in [0.4, 0.5) is 5.69 Å². The number of ether oxygens (including phenoxy) is 1. The Kier molecular flexibility index (Phi) is 5.12. The van der Waals surface area contributed by atoms with Gasteiger partial charge in [-0.25, -0.2) is 0 Å². The van der Waals surface area contributed by atoms with E-state index in [0.29, 0.717) is 19.2 Å². The molecule has 0 amide bonds. The molecular weight excluding hydrogens is 256 g/mol. The van der Waals surface area contributed by atoms with Crippen molar-refractivity contribution < 1.29 is 9.66 Å². The van der Waals surface area contributed by atoms with Gasteiger partial charge in [0.2, 0.25) is 0 Å². The Balaban J connectivity index is 2.02. The molecule has 5 heteroatoms. The smallest absolute Gasteiger partial charge is 0.270 e. The van der Waals surface area contributed by atoms with Crippen LogP contribution < -0.4 is 10.1 Å². The molecule has 0 aromatic heterocycles. The molecule has 1 aromatic carbocycles. The molecule has 1 N–H and O–H groups in total. The van der Waals surface area contributed by atoms with E-state index in [1.807, 2.05) is 6.08 Å². The van der Waals surface area contributed by atoms with Crippen LogP contribution in [0.2, 0.25) is 0 Å². The predicted octanol–water partition coefficient (Wildman–Crippen LogP) is 3.19. The minimum atomic E-state index is -0.373. The predicted molar refractivity (Wildman–Crippen MR) is 77.9 cm³/mol. The molecule has 0 saturated heterocycles. The summed E-state index contributed by atoms with van der Waals surface area (Å²) in [5, 5.41) is 14.2. The summed E-state index contributed by atoms with van der Waals surface area (Å²) >= 11 is 0. The average molecular weight is 276 g/mol. The van der Waals surface area contributed by atoms with Crippen molar-refractivity contribution in [2.45, 2.75) is 38.3 Å². The number of unbranched alkanes of at least 4 members (excludes halogenated alkanes) is 1. The lowest BCUT2D eigenvalue weighted by atomic mass is 10.1. The Labute approximate surface area is 118 Å².